The maximum absolute atomic E-state index is 14.2. The average molecular weight is 686 g/mol. The molecule has 0 saturated carbocycles. The molecule has 0 radical (unpaired) electrons. The number of rotatable bonds is 7. The molecule has 6 rings (SSSR count). The Morgan fingerprint density at radius 1 is 1.06 bits per heavy atom. The SMILES string of the molecule is Cc1cc(-c2cc(Cl)ccc2OCCn2c(C)nc3cc(C(F)(F)F)c(N4CCC(C)(C)CC4)nc3c2=O)c2scc(C(=O)O)c2n1. The summed E-state index contributed by atoms with van der Waals surface area (Å²) in [6, 6.07) is 7.80. The summed E-state index contributed by atoms with van der Waals surface area (Å²) in [5, 5.41) is 11.6. The Kier molecular flexibility index (Phi) is 8.41. The summed E-state index contributed by atoms with van der Waals surface area (Å²) in [5.74, 6) is -0.676. The predicted octanol–water partition coefficient (Wildman–Crippen LogP) is 7.76. The summed E-state index contributed by atoms with van der Waals surface area (Å²) in [6.07, 6.45) is -3.28. The summed E-state index contributed by atoms with van der Waals surface area (Å²) in [7, 11) is 0. The van der Waals surface area contributed by atoms with Gasteiger partial charge in [0.05, 0.1) is 27.8 Å². The van der Waals surface area contributed by atoms with Crippen LogP contribution in [0.4, 0.5) is 19.0 Å². The molecule has 0 amide bonds. The van der Waals surface area contributed by atoms with Crippen molar-refractivity contribution in [1.82, 2.24) is 19.5 Å². The fourth-order valence-corrected chi connectivity index (χ4v) is 7.04. The maximum atomic E-state index is 14.2. The second-order valence-electron chi connectivity index (χ2n) is 12.4. The Balaban J connectivity index is 1.33. The highest BCUT2D eigenvalue weighted by atomic mass is 35.5. The number of alkyl halides is 3. The van der Waals surface area contributed by atoms with Crippen molar-refractivity contribution in [1.29, 1.82) is 0 Å². The highest BCUT2D eigenvalue weighted by Gasteiger charge is 2.38. The number of carboxylic acids is 1. The first-order valence-electron chi connectivity index (χ1n) is 14.9. The molecule has 0 atom stereocenters. The molecule has 1 N–H and O–H groups in total. The fourth-order valence-electron chi connectivity index (χ4n) is 5.86. The van der Waals surface area contributed by atoms with Crippen LogP contribution in [0.2, 0.25) is 5.02 Å². The number of carbonyl (C=O) groups is 1. The standard InChI is InChI=1S/C33H31ClF3N5O4S/c1-17-13-21(28-26(38-17)22(16-47-28)31(44)45)20-14-19(34)5-6-25(20)46-12-11-42-18(2)39-24-15-23(33(35,36)37)29(40-27(24)30(42)43)41-9-7-32(3,4)8-10-41/h5-6,13-16H,7-12H2,1-4H3,(H,44,45). The highest BCUT2D eigenvalue weighted by molar-refractivity contribution is 7.18. The van der Waals surface area contributed by atoms with Gasteiger partial charge >= 0.3 is 12.1 Å². The second-order valence-corrected chi connectivity index (χ2v) is 13.7. The van der Waals surface area contributed by atoms with Crippen molar-refractivity contribution in [3.8, 4) is 16.9 Å². The summed E-state index contributed by atoms with van der Waals surface area (Å²) >= 11 is 7.62. The molecule has 1 aliphatic rings. The van der Waals surface area contributed by atoms with Crippen LogP contribution in [0.3, 0.4) is 0 Å². The molecule has 1 fully saturated rings. The first-order chi connectivity index (χ1) is 22.1. The number of piperidine rings is 1. The molecule has 9 nitrogen and oxygen atoms in total. The minimum Gasteiger partial charge on any atom is -0.491 e. The van der Waals surface area contributed by atoms with Crippen LogP contribution < -0.4 is 15.2 Å². The van der Waals surface area contributed by atoms with Crippen LogP contribution in [0, 0.1) is 19.3 Å². The van der Waals surface area contributed by atoms with Gasteiger partial charge in [-0.25, -0.2) is 14.8 Å². The minimum absolute atomic E-state index is 0.00843. The number of halogens is 4. The number of carboxylic acid groups (broad SMARTS) is 1. The lowest BCUT2D eigenvalue weighted by Gasteiger charge is -2.38. The average Bonchev–Trinajstić information content (AvgIpc) is 3.42. The van der Waals surface area contributed by atoms with Crippen molar-refractivity contribution in [3.05, 3.63) is 73.7 Å². The summed E-state index contributed by atoms with van der Waals surface area (Å²) in [5.41, 5.74) is 0.656. The van der Waals surface area contributed by atoms with Gasteiger partial charge in [0.1, 0.15) is 29.6 Å². The van der Waals surface area contributed by atoms with E-state index in [4.69, 9.17) is 16.3 Å². The monoisotopic (exact) mass is 685 g/mol. The molecule has 14 heteroatoms. The van der Waals surface area contributed by atoms with E-state index < -0.39 is 23.3 Å². The Hall–Kier alpha value is -4.23. The van der Waals surface area contributed by atoms with Gasteiger partial charge in [0, 0.05) is 40.3 Å². The molecular formula is C33H31ClF3N5O4S. The third-order valence-corrected chi connectivity index (χ3v) is 9.75. The normalized spacial score (nSPS) is 15.0. The van der Waals surface area contributed by atoms with Gasteiger partial charge in [0.25, 0.3) is 5.56 Å². The number of ether oxygens (including phenoxy) is 1. The van der Waals surface area contributed by atoms with Gasteiger partial charge in [0.2, 0.25) is 0 Å². The van der Waals surface area contributed by atoms with E-state index in [-0.39, 0.29) is 46.8 Å². The third kappa shape index (κ3) is 6.38. The summed E-state index contributed by atoms with van der Waals surface area (Å²) in [4.78, 5) is 40.2. The lowest BCUT2D eigenvalue weighted by atomic mass is 9.82. The molecule has 47 heavy (non-hydrogen) atoms. The molecule has 0 spiro atoms. The van der Waals surface area contributed by atoms with Crippen LogP contribution in [-0.2, 0) is 12.7 Å². The van der Waals surface area contributed by atoms with E-state index in [9.17, 15) is 27.9 Å². The first-order valence-corrected chi connectivity index (χ1v) is 16.2. The number of nitrogens with zero attached hydrogens (tertiary/aromatic N) is 5. The van der Waals surface area contributed by atoms with E-state index in [1.54, 1.807) is 42.3 Å². The van der Waals surface area contributed by atoms with Gasteiger partial charge in [0.15, 0.2) is 5.52 Å². The largest absolute Gasteiger partial charge is 0.491 e. The van der Waals surface area contributed by atoms with Crippen molar-refractivity contribution in [2.75, 3.05) is 24.6 Å². The van der Waals surface area contributed by atoms with Gasteiger partial charge in [-0.15, -0.1) is 11.3 Å². The van der Waals surface area contributed by atoms with E-state index in [0.29, 0.717) is 63.7 Å². The molecule has 1 saturated heterocycles. The van der Waals surface area contributed by atoms with Gasteiger partial charge in [-0.1, -0.05) is 25.4 Å². The first kappa shape index (κ1) is 32.7. The topological polar surface area (TPSA) is 110 Å². The summed E-state index contributed by atoms with van der Waals surface area (Å²) in [6.45, 7) is 8.32. The molecule has 5 heterocycles. The summed E-state index contributed by atoms with van der Waals surface area (Å²) < 4.78 is 50.7. The van der Waals surface area contributed by atoms with Gasteiger partial charge in [-0.3, -0.25) is 14.3 Å². The Morgan fingerprint density at radius 3 is 2.47 bits per heavy atom. The van der Waals surface area contributed by atoms with Gasteiger partial charge in [-0.2, -0.15) is 13.2 Å². The maximum Gasteiger partial charge on any atom is 0.420 e. The zero-order chi connectivity index (χ0) is 33.8. The number of hydrogen-bond donors (Lipinski definition) is 1. The van der Waals surface area contributed by atoms with E-state index in [2.05, 4.69) is 28.8 Å². The van der Waals surface area contributed by atoms with E-state index in [0.717, 1.165) is 6.07 Å². The van der Waals surface area contributed by atoms with E-state index >= 15 is 0 Å². The fraction of sp³-hybridized carbons (Fsp3) is 0.364. The lowest BCUT2D eigenvalue weighted by molar-refractivity contribution is -0.137. The molecule has 5 aromatic rings. The molecule has 0 aliphatic carbocycles. The van der Waals surface area contributed by atoms with Crippen molar-refractivity contribution >= 4 is 56.0 Å². The third-order valence-electron chi connectivity index (χ3n) is 8.51. The number of hydrogen-bond acceptors (Lipinski definition) is 8. The van der Waals surface area contributed by atoms with Crippen LogP contribution >= 0.6 is 22.9 Å². The quantitative estimate of drug-likeness (QED) is 0.185. The molecule has 1 aliphatic heterocycles. The molecule has 246 valence electrons. The van der Waals surface area contributed by atoms with Crippen LogP contribution in [0.1, 0.15) is 54.1 Å². The lowest BCUT2D eigenvalue weighted by Crippen LogP contribution is -2.39. The minimum atomic E-state index is -4.67. The molecule has 4 aromatic heterocycles. The molecular weight excluding hydrogens is 655 g/mol. The zero-order valence-corrected chi connectivity index (χ0v) is 27.6. The molecule has 1 aromatic carbocycles. The van der Waals surface area contributed by atoms with Crippen LogP contribution in [-0.4, -0.2) is 50.3 Å². The Bertz CT molecular complexity index is 2100. The highest BCUT2D eigenvalue weighted by Crippen LogP contribution is 2.41. The van der Waals surface area contributed by atoms with Crippen LogP contribution in [0.25, 0.3) is 32.4 Å². The van der Waals surface area contributed by atoms with Crippen LogP contribution in [0.15, 0.2) is 40.5 Å². The number of aromatic nitrogens is 4. The van der Waals surface area contributed by atoms with E-state index in [1.807, 2.05) is 6.07 Å². The van der Waals surface area contributed by atoms with Gasteiger partial charge < -0.3 is 14.7 Å². The van der Waals surface area contributed by atoms with Crippen molar-refractivity contribution in [2.45, 2.75) is 53.3 Å². The predicted molar refractivity (Wildman–Crippen MR) is 176 cm³/mol. The number of fused-ring (bicyclic) bond motifs is 2. The zero-order valence-electron chi connectivity index (χ0n) is 26.0. The van der Waals surface area contributed by atoms with Crippen molar-refractivity contribution in [3.63, 3.8) is 0 Å². The van der Waals surface area contributed by atoms with Crippen LogP contribution in [0.5, 0.6) is 5.75 Å². The number of anilines is 1. The van der Waals surface area contributed by atoms with Crippen molar-refractivity contribution in [2.24, 2.45) is 5.41 Å². The number of pyridine rings is 2. The number of thiophene rings is 1. The van der Waals surface area contributed by atoms with Crippen molar-refractivity contribution < 1.29 is 27.8 Å². The Labute approximate surface area is 276 Å². The smallest absolute Gasteiger partial charge is 0.420 e. The van der Waals surface area contributed by atoms with E-state index in [1.165, 1.54) is 15.9 Å². The number of aromatic carboxylic acids is 1. The molecule has 0 unspecified atom stereocenters. The Morgan fingerprint density at radius 2 is 1.79 bits per heavy atom. The number of aryl methyl sites for hydroxylation is 2. The van der Waals surface area contributed by atoms with Gasteiger partial charge in [-0.05, 0) is 62.4 Å². The molecule has 0 bridgehead atoms. The second kappa shape index (κ2) is 12.1. The number of benzene rings is 1.